The van der Waals surface area contributed by atoms with Gasteiger partial charge in [0, 0.05) is 0 Å². The fourth-order valence-corrected chi connectivity index (χ4v) is 2.77. The highest BCUT2D eigenvalue weighted by Crippen LogP contribution is 2.21. The van der Waals surface area contributed by atoms with Gasteiger partial charge in [0.15, 0.2) is 0 Å². The van der Waals surface area contributed by atoms with Crippen molar-refractivity contribution in [1.29, 1.82) is 0 Å². The summed E-state index contributed by atoms with van der Waals surface area (Å²) >= 11 is 0. The van der Waals surface area contributed by atoms with Crippen molar-refractivity contribution in [3.8, 4) is 5.75 Å². The first-order valence-electron chi connectivity index (χ1n) is 8.06. The van der Waals surface area contributed by atoms with Crippen LogP contribution in [0.5, 0.6) is 5.75 Å². The smallest absolute Gasteiger partial charge is 0.138 e. The van der Waals surface area contributed by atoms with Gasteiger partial charge in [0.2, 0.25) is 0 Å². The Labute approximate surface area is 141 Å². The monoisotopic (exact) mass is 326 g/mol. The van der Waals surface area contributed by atoms with Crippen molar-refractivity contribution in [2.45, 2.75) is 32.6 Å². The number of para-hydroxylation sites is 3. The van der Waals surface area contributed by atoms with Crippen molar-refractivity contribution >= 4 is 11.0 Å². The number of ether oxygens (including phenoxy) is 1. The fraction of sp³-hybridized carbons (Fsp3) is 0.316. The number of hydrogen-bond acceptors (Lipinski definition) is 4. The number of aliphatic hydroxyl groups is 2. The molecule has 0 radical (unpaired) electrons. The van der Waals surface area contributed by atoms with Crippen molar-refractivity contribution in [2.24, 2.45) is 0 Å². The Bertz CT molecular complexity index is 826. The van der Waals surface area contributed by atoms with E-state index in [-0.39, 0.29) is 6.61 Å². The summed E-state index contributed by atoms with van der Waals surface area (Å²) in [4.78, 5) is 4.46. The third-order valence-electron chi connectivity index (χ3n) is 3.98. The van der Waals surface area contributed by atoms with Crippen LogP contribution in [0.15, 0.2) is 48.5 Å². The number of imidazole rings is 1. The van der Waals surface area contributed by atoms with E-state index in [1.165, 1.54) is 0 Å². The van der Waals surface area contributed by atoms with Gasteiger partial charge in [0.05, 0.1) is 17.6 Å². The molecule has 0 saturated carbocycles. The maximum absolute atomic E-state index is 10.4. The maximum atomic E-state index is 10.4. The lowest BCUT2D eigenvalue weighted by Gasteiger charge is -2.17. The van der Waals surface area contributed by atoms with Gasteiger partial charge in [-0.2, -0.15) is 0 Å². The molecule has 0 spiro atoms. The van der Waals surface area contributed by atoms with Gasteiger partial charge in [-0.25, -0.2) is 4.98 Å². The van der Waals surface area contributed by atoms with Crippen molar-refractivity contribution in [1.82, 2.24) is 9.55 Å². The number of aromatic nitrogens is 2. The minimum Gasteiger partial charge on any atom is -0.491 e. The molecule has 0 aliphatic heterocycles. The highest BCUT2D eigenvalue weighted by atomic mass is 16.5. The number of rotatable bonds is 6. The van der Waals surface area contributed by atoms with Gasteiger partial charge in [-0.1, -0.05) is 30.3 Å². The molecule has 2 atom stereocenters. The summed E-state index contributed by atoms with van der Waals surface area (Å²) in [7, 11) is 0. The molecule has 0 bridgehead atoms. The molecule has 0 fully saturated rings. The average Bonchev–Trinajstić information content (AvgIpc) is 2.93. The fourth-order valence-electron chi connectivity index (χ4n) is 2.77. The van der Waals surface area contributed by atoms with Crippen LogP contribution in [0.3, 0.4) is 0 Å². The van der Waals surface area contributed by atoms with Crippen LogP contribution in [0.25, 0.3) is 11.0 Å². The molecule has 0 saturated heterocycles. The summed E-state index contributed by atoms with van der Waals surface area (Å²) in [6.07, 6.45) is -1.42. The molecule has 0 aliphatic rings. The lowest BCUT2D eigenvalue weighted by Crippen LogP contribution is -2.25. The maximum Gasteiger partial charge on any atom is 0.138 e. The zero-order valence-corrected chi connectivity index (χ0v) is 13.9. The standard InChI is InChI=1S/C19H22N2O3/c1-13-7-3-6-10-18(13)24-12-15(23)11-21-17-9-5-4-8-16(17)20-19(21)14(2)22/h3-10,14-15,22-23H,11-12H2,1-2H3/t14-,15+/m1/s1. The van der Waals surface area contributed by atoms with Gasteiger partial charge in [-0.05, 0) is 37.6 Å². The van der Waals surface area contributed by atoms with Gasteiger partial charge in [-0.3, -0.25) is 0 Å². The van der Waals surface area contributed by atoms with E-state index < -0.39 is 12.2 Å². The molecular formula is C19H22N2O3. The minimum absolute atomic E-state index is 0.177. The van der Waals surface area contributed by atoms with Crippen molar-refractivity contribution in [3.05, 3.63) is 59.9 Å². The van der Waals surface area contributed by atoms with Crippen LogP contribution in [0.4, 0.5) is 0 Å². The van der Waals surface area contributed by atoms with Gasteiger partial charge >= 0.3 is 0 Å². The molecule has 126 valence electrons. The number of hydrogen-bond donors (Lipinski definition) is 2. The van der Waals surface area contributed by atoms with E-state index in [0.717, 1.165) is 22.3 Å². The van der Waals surface area contributed by atoms with Crippen LogP contribution in [0.1, 0.15) is 24.4 Å². The van der Waals surface area contributed by atoms with Crippen LogP contribution in [0.2, 0.25) is 0 Å². The summed E-state index contributed by atoms with van der Waals surface area (Å²) in [6.45, 7) is 4.13. The quantitative estimate of drug-likeness (QED) is 0.731. The van der Waals surface area contributed by atoms with Crippen molar-refractivity contribution in [2.75, 3.05) is 6.61 Å². The van der Waals surface area contributed by atoms with Gasteiger partial charge in [0.25, 0.3) is 0 Å². The zero-order chi connectivity index (χ0) is 17.1. The van der Waals surface area contributed by atoms with Crippen LogP contribution in [-0.2, 0) is 6.54 Å². The van der Waals surface area contributed by atoms with E-state index in [2.05, 4.69) is 4.98 Å². The van der Waals surface area contributed by atoms with Crippen LogP contribution >= 0.6 is 0 Å². The molecule has 2 aromatic carbocycles. The second-order valence-corrected chi connectivity index (χ2v) is 5.98. The number of aryl methyl sites for hydroxylation is 1. The molecule has 2 N–H and O–H groups in total. The lowest BCUT2D eigenvalue weighted by atomic mass is 10.2. The van der Waals surface area contributed by atoms with E-state index in [1.54, 1.807) is 6.92 Å². The normalized spacial score (nSPS) is 13.8. The molecule has 3 rings (SSSR count). The van der Waals surface area contributed by atoms with Gasteiger partial charge in [0.1, 0.15) is 30.4 Å². The predicted molar refractivity (Wildman–Crippen MR) is 93.0 cm³/mol. The Kier molecular flexibility index (Phi) is 4.83. The summed E-state index contributed by atoms with van der Waals surface area (Å²) in [5, 5.41) is 20.4. The Morgan fingerprint density at radius 2 is 1.79 bits per heavy atom. The molecule has 3 aromatic rings. The van der Waals surface area contributed by atoms with Crippen molar-refractivity contribution in [3.63, 3.8) is 0 Å². The minimum atomic E-state index is -0.709. The van der Waals surface area contributed by atoms with Crippen LogP contribution < -0.4 is 4.74 Å². The number of benzene rings is 2. The first-order valence-corrected chi connectivity index (χ1v) is 8.06. The van der Waals surface area contributed by atoms with Gasteiger partial charge < -0.3 is 19.5 Å². The Morgan fingerprint density at radius 3 is 2.54 bits per heavy atom. The lowest BCUT2D eigenvalue weighted by molar-refractivity contribution is 0.0892. The Morgan fingerprint density at radius 1 is 1.08 bits per heavy atom. The molecule has 0 amide bonds. The molecule has 5 nitrogen and oxygen atoms in total. The SMILES string of the molecule is Cc1ccccc1OC[C@@H](O)Cn1c([C@@H](C)O)nc2ccccc21. The molecule has 24 heavy (non-hydrogen) atoms. The van der Waals surface area contributed by atoms with Gasteiger partial charge in [-0.15, -0.1) is 0 Å². The molecule has 1 heterocycles. The first kappa shape index (κ1) is 16.5. The summed E-state index contributed by atoms with van der Waals surface area (Å²) in [6, 6.07) is 15.4. The number of fused-ring (bicyclic) bond motifs is 1. The molecule has 0 unspecified atom stereocenters. The van der Waals surface area contributed by atoms with Crippen molar-refractivity contribution < 1.29 is 14.9 Å². The van der Waals surface area contributed by atoms with Crippen LogP contribution in [-0.4, -0.2) is 32.5 Å². The number of aliphatic hydroxyl groups excluding tert-OH is 2. The van der Waals surface area contributed by atoms with E-state index in [0.29, 0.717) is 12.4 Å². The Balaban J connectivity index is 1.76. The molecule has 1 aromatic heterocycles. The molecule has 5 heteroatoms. The summed E-state index contributed by atoms with van der Waals surface area (Å²) in [5.74, 6) is 1.31. The predicted octanol–water partition coefficient (Wildman–Crippen LogP) is 2.84. The summed E-state index contributed by atoms with van der Waals surface area (Å²) in [5.41, 5.74) is 2.73. The average molecular weight is 326 g/mol. The summed E-state index contributed by atoms with van der Waals surface area (Å²) < 4.78 is 7.57. The third kappa shape index (κ3) is 3.42. The van der Waals surface area contributed by atoms with E-state index in [9.17, 15) is 10.2 Å². The van der Waals surface area contributed by atoms with E-state index in [4.69, 9.17) is 4.74 Å². The largest absolute Gasteiger partial charge is 0.491 e. The first-order chi connectivity index (χ1) is 11.6. The molecular weight excluding hydrogens is 304 g/mol. The number of nitrogens with zero attached hydrogens (tertiary/aromatic N) is 2. The van der Waals surface area contributed by atoms with Crippen LogP contribution in [0, 0.1) is 6.92 Å². The zero-order valence-electron chi connectivity index (χ0n) is 13.9. The Hall–Kier alpha value is -2.37. The topological polar surface area (TPSA) is 67.5 Å². The van der Waals surface area contributed by atoms with E-state index >= 15 is 0 Å². The highest BCUT2D eigenvalue weighted by Gasteiger charge is 2.17. The highest BCUT2D eigenvalue weighted by molar-refractivity contribution is 5.76. The second-order valence-electron chi connectivity index (χ2n) is 5.98. The third-order valence-corrected chi connectivity index (χ3v) is 3.98. The van der Waals surface area contributed by atoms with E-state index in [1.807, 2.05) is 60.0 Å². The molecule has 0 aliphatic carbocycles. The second kappa shape index (κ2) is 7.03.